The van der Waals surface area contributed by atoms with E-state index < -0.39 is 0 Å². The van der Waals surface area contributed by atoms with Gasteiger partial charge in [0.15, 0.2) is 5.82 Å². The Labute approximate surface area is 112 Å². The van der Waals surface area contributed by atoms with Gasteiger partial charge in [-0.25, -0.2) is 9.67 Å². The summed E-state index contributed by atoms with van der Waals surface area (Å²) in [4.78, 5) is 4.53. The second-order valence-electron chi connectivity index (χ2n) is 4.18. The molecule has 2 aromatic heterocycles. The van der Waals surface area contributed by atoms with Crippen LogP contribution in [-0.4, -0.2) is 21.3 Å². The van der Waals surface area contributed by atoms with Crippen LogP contribution in [0.15, 0.2) is 24.4 Å². The van der Waals surface area contributed by atoms with E-state index in [1.54, 1.807) is 4.68 Å². The summed E-state index contributed by atoms with van der Waals surface area (Å²) in [6.07, 6.45) is 2.99. The molecular weight excluding hydrogens is 248 g/mol. The number of hydrogen-bond donors (Lipinski definition) is 1. The minimum atomic E-state index is 0.681. The van der Waals surface area contributed by atoms with E-state index in [0.717, 1.165) is 30.2 Å². The quantitative estimate of drug-likeness (QED) is 0.845. The molecule has 0 unspecified atom stereocenters. The fourth-order valence-electron chi connectivity index (χ4n) is 1.65. The Bertz CT molecular complexity index is 521. The van der Waals surface area contributed by atoms with Gasteiger partial charge in [-0.1, -0.05) is 18.5 Å². The van der Waals surface area contributed by atoms with Crippen LogP contribution in [-0.2, 0) is 6.54 Å². The highest BCUT2D eigenvalue weighted by molar-refractivity contribution is 6.31. The summed E-state index contributed by atoms with van der Waals surface area (Å²) in [5.41, 5.74) is 1.83. The molecule has 0 fully saturated rings. The van der Waals surface area contributed by atoms with Crippen LogP contribution in [0.3, 0.4) is 0 Å². The first kappa shape index (κ1) is 13.1. The van der Waals surface area contributed by atoms with Gasteiger partial charge in [0.2, 0.25) is 0 Å². The van der Waals surface area contributed by atoms with Crippen molar-refractivity contribution in [3.63, 3.8) is 0 Å². The van der Waals surface area contributed by atoms with Gasteiger partial charge >= 0.3 is 0 Å². The van der Waals surface area contributed by atoms with Gasteiger partial charge in [-0.3, -0.25) is 0 Å². The molecule has 0 aliphatic rings. The maximum absolute atomic E-state index is 6.14. The van der Waals surface area contributed by atoms with Crippen molar-refractivity contribution in [2.45, 2.75) is 26.8 Å². The second kappa shape index (κ2) is 5.98. The van der Waals surface area contributed by atoms with E-state index in [1.165, 1.54) is 0 Å². The standard InChI is InChI=1S/C13H17ClN4/c1-3-7-15-9-12-11(14)4-5-13(16-12)18-8-6-10(2)17-18/h4-6,8,15H,3,7,9H2,1-2H3. The van der Waals surface area contributed by atoms with E-state index >= 15 is 0 Å². The molecular formula is C13H17ClN4. The average molecular weight is 265 g/mol. The van der Waals surface area contributed by atoms with Crippen molar-refractivity contribution in [3.05, 3.63) is 40.8 Å². The van der Waals surface area contributed by atoms with Gasteiger partial charge in [0.25, 0.3) is 0 Å². The number of nitrogens with one attached hydrogen (secondary N) is 1. The van der Waals surface area contributed by atoms with E-state index in [4.69, 9.17) is 11.6 Å². The second-order valence-corrected chi connectivity index (χ2v) is 4.58. The van der Waals surface area contributed by atoms with Crippen LogP contribution < -0.4 is 5.32 Å². The summed E-state index contributed by atoms with van der Waals surface area (Å²) in [6.45, 7) is 5.73. The number of aromatic nitrogens is 3. The maximum Gasteiger partial charge on any atom is 0.153 e. The van der Waals surface area contributed by atoms with Gasteiger partial charge in [-0.15, -0.1) is 0 Å². The van der Waals surface area contributed by atoms with Crippen molar-refractivity contribution in [1.29, 1.82) is 0 Å². The van der Waals surface area contributed by atoms with E-state index in [0.29, 0.717) is 11.6 Å². The first-order valence-corrected chi connectivity index (χ1v) is 6.47. The molecule has 1 N–H and O–H groups in total. The molecule has 2 rings (SSSR count). The molecule has 0 saturated heterocycles. The number of rotatable bonds is 5. The zero-order valence-corrected chi connectivity index (χ0v) is 11.4. The molecule has 0 radical (unpaired) electrons. The Morgan fingerprint density at radius 3 is 2.83 bits per heavy atom. The predicted octanol–water partition coefficient (Wildman–Crippen LogP) is 2.73. The molecule has 0 aliphatic heterocycles. The van der Waals surface area contributed by atoms with E-state index in [9.17, 15) is 0 Å². The predicted molar refractivity (Wildman–Crippen MR) is 73.1 cm³/mol. The van der Waals surface area contributed by atoms with Crippen molar-refractivity contribution in [1.82, 2.24) is 20.1 Å². The summed E-state index contributed by atoms with van der Waals surface area (Å²) >= 11 is 6.14. The molecule has 5 heteroatoms. The lowest BCUT2D eigenvalue weighted by molar-refractivity contribution is 0.661. The molecule has 2 aromatic rings. The largest absolute Gasteiger partial charge is 0.311 e. The van der Waals surface area contributed by atoms with Crippen LogP contribution >= 0.6 is 11.6 Å². The summed E-state index contributed by atoms with van der Waals surface area (Å²) in [7, 11) is 0. The van der Waals surface area contributed by atoms with Gasteiger partial charge in [0.1, 0.15) is 0 Å². The van der Waals surface area contributed by atoms with Crippen LogP contribution in [0.25, 0.3) is 5.82 Å². The zero-order valence-electron chi connectivity index (χ0n) is 10.7. The Kier molecular flexibility index (Phi) is 4.33. The summed E-state index contributed by atoms with van der Waals surface area (Å²) < 4.78 is 1.76. The summed E-state index contributed by atoms with van der Waals surface area (Å²) in [5, 5.41) is 8.32. The molecule has 0 spiro atoms. The highest BCUT2D eigenvalue weighted by atomic mass is 35.5. The Morgan fingerprint density at radius 2 is 2.17 bits per heavy atom. The van der Waals surface area contributed by atoms with Crippen LogP contribution in [0, 0.1) is 6.92 Å². The van der Waals surface area contributed by atoms with Gasteiger partial charge in [0, 0.05) is 12.7 Å². The van der Waals surface area contributed by atoms with Crippen molar-refractivity contribution in [3.8, 4) is 5.82 Å². The Morgan fingerprint density at radius 1 is 1.33 bits per heavy atom. The SMILES string of the molecule is CCCNCc1nc(-n2ccc(C)n2)ccc1Cl. The van der Waals surface area contributed by atoms with Crippen molar-refractivity contribution in [2.75, 3.05) is 6.54 Å². The molecule has 0 atom stereocenters. The molecule has 4 nitrogen and oxygen atoms in total. The zero-order chi connectivity index (χ0) is 13.0. The topological polar surface area (TPSA) is 42.7 Å². The monoisotopic (exact) mass is 264 g/mol. The van der Waals surface area contributed by atoms with Gasteiger partial charge < -0.3 is 5.32 Å². The van der Waals surface area contributed by atoms with Crippen molar-refractivity contribution >= 4 is 11.6 Å². The van der Waals surface area contributed by atoms with Gasteiger partial charge in [-0.2, -0.15) is 5.10 Å². The normalized spacial score (nSPS) is 10.8. The number of halogens is 1. The third-order valence-corrected chi connectivity index (χ3v) is 2.92. The van der Waals surface area contributed by atoms with E-state index in [-0.39, 0.29) is 0 Å². The molecule has 0 saturated carbocycles. The number of nitrogens with zero attached hydrogens (tertiary/aromatic N) is 3. The molecule has 0 bridgehead atoms. The van der Waals surface area contributed by atoms with E-state index in [1.807, 2.05) is 31.3 Å². The molecule has 96 valence electrons. The fourth-order valence-corrected chi connectivity index (χ4v) is 1.82. The first-order valence-electron chi connectivity index (χ1n) is 6.09. The third-order valence-electron chi connectivity index (χ3n) is 2.58. The maximum atomic E-state index is 6.14. The summed E-state index contributed by atoms with van der Waals surface area (Å²) in [5.74, 6) is 0.792. The lowest BCUT2D eigenvalue weighted by Crippen LogP contribution is -2.16. The highest BCUT2D eigenvalue weighted by Gasteiger charge is 2.06. The van der Waals surface area contributed by atoms with Crippen molar-refractivity contribution < 1.29 is 0 Å². The number of hydrogen-bond acceptors (Lipinski definition) is 3. The molecule has 2 heterocycles. The molecule has 18 heavy (non-hydrogen) atoms. The minimum absolute atomic E-state index is 0.681. The highest BCUT2D eigenvalue weighted by Crippen LogP contribution is 2.16. The number of pyridine rings is 1. The van der Waals surface area contributed by atoms with Crippen molar-refractivity contribution in [2.24, 2.45) is 0 Å². The molecule has 0 aliphatic carbocycles. The molecule has 0 amide bonds. The first-order chi connectivity index (χ1) is 8.70. The lowest BCUT2D eigenvalue weighted by atomic mass is 10.3. The average Bonchev–Trinajstić information content (AvgIpc) is 2.78. The fraction of sp³-hybridized carbons (Fsp3) is 0.385. The minimum Gasteiger partial charge on any atom is -0.311 e. The van der Waals surface area contributed by atoms with Crippen LogP contribution in [0.1, 0.15) is 24.7 Å². The number of aryl methyl sites for hydroxylation is 1. The van der Waals surface area contributed by atoms with Crippen LogP contribution in [0.2, 0.25) is 5.02 Å². The van der Waals surface area contributed by atoms with Crippen LogP contribution in [0.5, 0.6) is 0 Å². The third kappa shape index (κ3) is 3.09. The smallest absolute Gasteiger partial charge is 0.153 e. The van der Waals surface area contributed by atoms with Gasteiger partial charge in [0.05, 0.1) is 16.4 Å². The Balaban J connectivity index is 2.20. The lowest BCUT2D eigenvalue weighted by Gasteiger charge is -2.07. The Hall–Kier alpha value is -1.39. The van der Waals surface area contributed by atoms with E-state index in [2.05, 4.69) is 22.3 Å². The summed E-state index contributed by atoms with van der Waals surface area (Å²) in [6, 6.07) is 5.69. The molecule has 0 aromatic carbocycles. The van der Waals surface area contributed by atoms with Crippen LogP contribution in [0.4, 0.5) is 0 Å². The van der Waals surface area contributed by atoms with Gasteiger partial charge in [-0.05, 0) is 38.1 Å².